The van der Waals surface area contributed by atoms with E-state index in [0.717, 1.165) is 33.4 Å². The second kappa shape index (κ2) is 7.82. The lowest BCUT2D eigenvalue weighted by Crippen LogP contribution is -2.25. The van der Waals surface area contributed by atoms with E-state index in [1.807, 2.05) is 28.1 Å². The smallest absolute Gasteiger partial charge is 0.251 e. The van der Waals surface area contributed by atoms with Crippen molar-refractivity contribution in [1.82, 2.24) is 19.9 Å². The number of nitrogens with one attached hydrogen (secondary N) is 1. The van der Waals surface area contributed by atoms with Gasteiger partial charge in [-0.25, -0.2) is 4.52 Å². The molecule has 2 aromatic heterocycles. The summed E-state index contributed by atoms with van der Waals surface area (Å²) < 4.78 is 6.98. The standard InChI is InChI=1S/C21H20N4O2S/c1-14-5-3-4-6-18(14)19-23-21-25(24-19)16(13-28-21)11-12-22-20(26)15-7-9-17(27-2)10-8-15/h3-10,13H,11-12H2,1-2H3,(H,22,26). The van der Waals surface area contributed by atoms with Gasteiger partial charge in [-0.15, -0.1) is 16.4 Å². The van der Waals surface area contributed by atoms with Gasteiger partial charge in [0.25, 0.3) is 5.91 Å². The number of ether oxygens (including phenoxy) is 1. The number of fused-ring (bicyclic) bond motifs is 1. The Hall–Kier alpha value is -3.19. The molecule has 0 fully saturated rings. The quantitative estimate of drug-likeness (QED) is 0.543. The zero-order chi connectivity index (χ0) is 19.5. The number of nitrogens with zero attached hydrogens (tertiary/aromatic N) is 3. The van der Waals surface area contributed by atoms with E-state index >= 15 is 0 Å². The van der Waals surface area contributed by atoms with Crippen molar-refractivity contribution in [3.05, 3.63) is 70.7 Å². The highest BCUT2D eigenvalue weighted by Gasteiger charge is 2.13. The molecule has 2 heterocycles. The van der Waals surface area contributed by atoms with Gasteiger partial charge in [0.2, 0.25) is 4.96 Å². The number of rotatable bonds is 6. The second-order valence-corrected chi connectivity index (χ2v) is 7.24. The van der Waals surface area contributed by atoms with Crippen LogP contribution in [-0.2, 0) is 6.42 Å². The van der Waals surface area contributed by atoms with Crippen molar-refractivity contribution in [3.63, 3.8) is 0 Å². The van der Waals surface area contributed by atoms with E-state index in [2.05, 4.69) is 28.4 Å². The van der Waals surface area contributed by atoms with Crippen LogP contribution in [0.15, 0.2) is 53.9 Å². The van der Waals surface area contributed by atoms with Gasteiger partial charge in [-0.1, -0.05) is 24.3 Å². The maximum atomic E-state index is 12.3. The van der Waals surface area contributed by atoms with Gasteiger partial charge in [0, 0.05) is 29.5 Å². The summed E-state index contributed by atoms with van der Waals surface area (Å²) in [6.07, 6.45) is 0.679. The van der Waals surface area contributed by atoms with Gasteiger partial charge in [0.15, 0.2) is 5.82 Å². The molecule has 4 rings (SSSR count). The average Bonchev–Trinajstić information content (AvgIpc) is 3.30. The number of carbonyl (C=O) groups is 1. The van der Waals surface area contributed by atoms with E-state index < -0.39 is 0 Å². The molecule has 0 radical (unpaired) electrons. The van der Waals surface area contributed by atoms with Crippen molar-refractivity contribution >= 4 is 22.2 Å². The molecule has 1 amide bonds. The molecule has 0 aliphatic carbocycles. The van der Waals surface area contributed by atoms with Crippen LogP contribution in [0.25, 0.3) is 16.3 Å². The van der Waals surface area contributed by atoms with E-state index in [1.54, 1.807) is 42.7 Å². The van der Waals surface area contributed by atoms with Crippen LogP contribution in [-0.4, -0.2) is 34.2 Å². The summed E-state index contributed by atoms with van der Waals surface area (Å²) in [6, 6.07) is 15.1. The molecule has 142 valence electrons. The summed E-state index contributed by atoms with van der Waals surface area (Å²) in [4.78, 5) is 17.8. The van der Waals surface area contributed by atoms with Crippen LogP contribution < -0.4 is 10.1 Å². The predicted molar refractivity (Wildman–Crippen MR) is 110 cm³/mol. The second-order valence-electron chi connectivity index (χ2n) is 6.41. The molecule has 0 aliphatic rings. The third kappa shape index (κ3) is 3.61. The van der Waals surface area contributed by atoms with E-state index in [1.165, 1.54) is 0 Å². The third-order valence-corrected chi connectivity index (χ3v) is 5.42. The number of thiazole rings is 1. The van der Waals surface area contributed by atoms with Crippen LogP contribution in [0.3, 0.4) is 0 Å². The zero-order valence-corrected chi connectivity index (χ0v) is 16.5. The largest absolute Gasteiger partial charge is 0.497 e. The molecular weight excluding hydrogens is 372 g/mol. The zero-order valence-electron chi connectivity index (χ0n) is 15.7. The number of benzene rings is 2. The lowest BCUT2D eigenvalue weighted by molar-refractivity contribution is 0.0954. The molecule has 0 bridgehead atoms. The topological polar surface area (TPSA) is 68.5 Å². The molecule has 1 N–H and O–H groups in total. The maximum absolute atomic E-state index is 12.3. The molecule has 0 spiro atoms. The molecule has 4 aromatic rings. The molecule has 28 heavy (non-hydrogen) atoms. The van der Waals surface area contributed by atoms with Crippen LogP contribution >= 0.6 is 11.3 Å². The number of hydrogen-bond acceptors (Lipinski definition) is 5. The number of amides is 1. The van der Waals surface area contributed by atoms with Gasteiger partial charge < -0.3 is 10.1 Å². The van der Waals surface area contributed by atoms with E-state index in [4.69, 9.17) is 4.74 Å². The Morgan fingerprint density at radius 3 is 2.71 bits per heavy atom. The van der Waals surface area contributed by atoms with Crippen LogP contribution in [0.2, 0.25) is 0 Å². The van der Waals surface area contributed by atoms with Gasteiger partial charge in [-0.05, 0) is 36.8 Å². The molecule has 6 nitrogen and oxygen atoms in total. The van der Waals surface area contributed by atoms with Crippen LogP contribution in [0.4, 0.5) is 0 Å². The lowest BCUT2D eigenvalue weighted by Gasteiger charge is -2.05. The molecular formula is C21H20N4O2S. The normalized spacial score (nSPS) is 10.9. The number of aryl methyl sites for hydroxylation is 1. The highest BCUT2D eigenvalue weighted by molar-refractivity contribution is 7.15. The first-order valence-electron chi connectivity index (χ1n) is 8.97. The minimum absolute atomic E-state index is 0.103. The van der Waals surface area contributed by atoms with Gasteiger partial charge in [-0.2, -0.15) is 4.98 Å². The summed E-state index contributed by atoms with van der Waals surface area (Å²) in [6.45, 7) is 2.58. The summed E-state index contributed by atoms with van der Waals surface area (Å²) >= 11 is 1.56. The molecule has 0 unspecified atom stereocenters. The van der Waals surface area contributed by atoms with Crippen molar-refractivity contribution in [2.75, 3.05) is 13.7 Å². The summed E-state index contributed by atoms with van der Waals surface area (Å²) in [7, 11) is 1.60. The first-order chi connectivity index (χ1) is 13.7. The first-order valence-corrected chi connectivity index (χ1v) is 9.85. The van der Waals surface area contributed by atoms with E-state index in [0.29, 0.717) is 18.5 Å². The fourth-order valence-corrected chi connectivity index (χ4v) is 3.84. The lowest BCUT2D eigenvalue weighted by atomic mass is 10.1. The van der Waals surface area contributed by atoms with Crippen molar-refractivity contribution in [2.24, 2.45) is 0 Å². The third-order valence-electron chi connectivity index (χ3n) is 4.55. The fraction of sp³-hybridized carbons (Fsp3) is 0.190. The van der Waals surface area contributed by atoms with Gasteiger partial charge >= 0.3 is 0 Å². The molecule has 0 atom stereocenters. The Morgan fingerprint density at radius 1 is 1.18 bits per heavy atom. The molecule has 0 saturated carbocycles. The molecule has 0 saturated heterocycles. The Bertz CT molecular complexity index is 1120. The Balaban J connectivity index is 1.43. The minimum Gasteiger partial charge on any atom is -0.497 e. The first kappa shape index (κ1) is 18.2. The number of hydrogen-bond donors (Lipinski definition) is 1. The summed E-state index contributed by atoms with van der Waals surface area (Å²) in [5, 5.41) is 9.66. The van der Waals surface area contributed by atoms with E-state index in [-0.39, 0.29) is 5.91 Å². The fourth-order valence-electron chi connectivity index (χ4n) is 2.98. The highest BCUT2D eigenvalue weighted by Crippen LogP contribution is 2.23. The molecule has 7 heteroatoms. The van der Waals surface area contributed by atoms with Gasteiger partial charge in [0.1, 0.15) is 5.75 Å². The van der Waals surface area contributed by atoms with E-state index in [9.17, 15) is 4.79 Å². The highest BCUT2D eigenvalue weighted by atomic mass is 32.1. The number of methoxy groups -OCH3 is 1. The molecule has 2 aromatic carbocycles. The van der Waals surface area contributed by atoms with Crippen LogP contribution in [0.5, 0.6) is 5.75 Å². The monoisotopic (exact) mass is 392 g/mol. The molecule has 0 aliphatic heterocycles. The Morgan fingerprint density at radius 2 is 1.96 bits per heavy atom. The summed E-state index contributed by atoms with van der Waals surface area (Å²) in [5.74, 6) is 1.36. The van der Waals surface area contributed by atoms with Crippen molar-refractivity contribution < 1.29 is 9.53 Å². The average molecular weight is 392 g/mol. The number of aromatic nitrogens is 3. The van der Waals surface area contributed by atoms with Crippen LogP contribution in [0.1, 0.15) is 21.6 Å². The SMILES string of the molecule is COc1ccc(C(=O)NCCc2csc3nc(-c4ccccc4C)nn23)cc1. The maximum Gasteiger partial charge on any atom is 0.251 e. The van der Waals surface area contributed by atoms with Crippen molar-refractivity contribution in [1.29, 1.82) is 0 Å². The number of carbonyl (C=O) groups excluding carboxylic acids is 1. The van der Waals surface area contributed by atoms with Crippen molar-refractivity contribution in [3.8, 4) is 17.1 Å². The van der Waals surface area contributed by atoms with Crippen molar-refractivity contribution in [2.45, 2.75) is 13.3 Å². The van der Waals surface area contributed by atoms with Gasteiger partial charge in [0.05, 0.1) is 12.8 Å². The van der Waals surface area contributed by atoms with Gasteiger partial charge in [-0.3, -0.25) is 4.79 Å². The Kier molecular flexibility index (Phi) is 5.08. The Labute approximate surface area is 166 Å². The van der Waals surface area contributed by atoms with Crippen LogP contribution in [0, 0.1) is 6.92 Å². The summed E-state index contributed by atoms with van der Waals surface area (Å²) in [5.41, 5.74) is 3.83. The minimum atomic E-state index is -0.103. The predicted octanol–water partition coefficient (Wildman–Crippen LogP) is 3.75.